The van der Waals surface area contributed by atoms with Crippen molar-refractivity contribution in [2.75, 3.05) is 0 Å². The first kappa shape index (κ1) is 13.8. The zero-order chi connectivity index (χ0) is 16.0. The summed E-state index contributed by atoms with van der Waals surface area (Å²) in [6.07, 6.45) is 0. The molecule has 3 aromatic carbocycles. The highest BCUT2D eigenvalue weighted by atomic mass is 32.2. The standard InChI is InChI=1S/C17H12N2O3S/c20-17-18-15-7-3-4-8-16(15)19(17)23(21,22)14-10-9-12-5-1-2-6-13(12)11-14/h1-11H,(H,18,20). The van der Waals surface area contributed by atoms with Crippen LogP contribution in [-0.4, -0.2) is 17.4 Å². The Bertz CT molecular complexity index is 1200. The van der Waals surface area contributed by atoms with Gasteiger partial charge in [0.25, 0.3) is 10.0 Å². The van der Waals surface area contributed by atoms with E-state index in [1.807, 2.05) is 24.3 Å². The number of hydrogen-bond acceptors (Lipinski definition) is 3. The Morgan fingerprint density at radius 2 is 1.52 bits per heavy atom. The topological polar surface area (TPSA) is 71.9 Å². The van der Waals surface area contributed by atoms with Crippen molar-refractivity contribution in [3.8, 4) is 0 Å². The number of rotatable bonds is 2. The maximum Gasteiger partial charge on any atom is 0.340 e. The summed E-state index contributed by atoms with van der Waals surface area (Å²) in [6, 6.07) is 19.0. The van der Waals surface area contributed by atoms with Crippen LogP contribution < -0.4 is 5.69 Å². The maximum atomic E-state index is 12.9. The van der Waals surface area contributed by atoms with Crippen molar-refractivity contribution in [2.45, 2.75) is 4.90 Å². The van der Waals surface area contributed by atoms with Gasteiger partial charge in [-0.15, -0.1) is 0 Å². The third-order valence-electron chi connectivity index (χ3n) is 3.81. The number of imidazole rings is 1. The van der Waals surface area contributed by atoms with Gasteiger partial charge in [-0.25, -0.2) is 13.2 Å². The fourth-order valence-corrected chi connectivity index (χ4v) is 4.11. The van der Waals surface area contributed by atoms with E-state index in [-0.39, 0.29) is 4.90 Å². The Balaban J connectivity index is 2.01. The minimum Gasteiger partial charge on any atom is -0.305 e. The van der Waals surface area contributed by atoms with Gasteiger partial charge in [0.15, 0.2) is 0 Å². The van der Waals surface area contributed by atoms with Gasteiger partial charge in [-0.3, -0.25) is 0 Å². The Hall–Kier alpha value is -2.86. The van der Waals surface area contributed by atoms with E-state index in [0.29, 0.717) is 11.0 Å². The van der Waals surface area contributed by atoms with Crippen molar-refractivity contribution in [1.29, 1.82) is 0 Å². The molecule has 1 heterocycles. The van der Waals surface area contributed by atoms with Crippen molar-refractivity contribution < 1.29 is 8.42 Å². The fourth-order valence-electron chi connectivity index (χ4n) is 2.70. The molecule has 0 aliphatic heterocycles. The van der Waals surface area contributed by atoms with Gasteiger partial charge >= 0.3 is 5.69 Å². The predicted octanol–water partition coefficient (Wildman–Crippen LogP) is 2.72. The van der Waals surface area contributed by atoms with Gasteiger partial charge in [0.1, 0.15) is 0 Å². The molecule has 0 bridgehead atoms. The summed E-state index contributed by atoms with van der Waals surface area (Å²) in [5, 5.41) is 1.75. The molecule has 0 saturated heterocycles. The highest BCUT2D eigenvalue weighted by Crippen LogP contribution is 2.22. The molecular formula is C17H12N2O3S. The van der Waals surface area contributed by atoms with E-state index in [1.165, 1.54) is 6.07 Å². The number of aromatic amines is 1. The van der Waals surface area contributed by atoms with E-state index in [4.69, 9.17) is 0 Å². The van der Waals surface area contributed by atoms with Gasteiger partial charge in [-0.05, 0) is 35.0 Å². The van der Waals surface area contributed by atoms with Crippen molar-refractivity contribution in [3.63, 3.8) is 0 Å². The normalized spacial score (nSPS) is 12.0. The summed E-state index contributed by atoms with van der Waals surface area (Å²) >= 11 is 0. The molecule has 114 valence electrons. The van der Waals surface area contributed by atoms with E-state index in [9.17, 15) is 13.2 Å². The Morgan fingerprint density at radius 1 is 0.826 bits per heavy atom. The molecule has 4 aromatic rings. The molecule has 4 rings (SSSR count). The SMILES string of the molecule is O=c1[nH]c2ccccc2n1S(=O)(=O)c1ccc2ccccc2c1. The number of nitrogens with one attached hydrogen (secondary N) is 1. The maximum absolute atomic E-state index is 12.9. The largest absolute Gasteiger partial charge is 0.340 e. The first-order valence-corrected chi connectivity index (χ1v) is 8.45. The number of fused-ring (bicyclic) bond motifs is 2. The molecular weight excluding hydrogens is 312 g/mol. The zero-order valence-corrected chi connectivity index (χ0v) is 12.7. The lowest BCUT2D eigenvalue weighted by Crippen LogP contribution is -2.25. The number of benzene rings is 3. The molecule has 0 saturated carbocycles. The third-order valence-corrected chi connectivity index (χ3v) is 5.50. The Labute approximate surface area is 131 Å². The van der Waals surface area contributed by atoms with Crippen LogP contribution in [-0.2, 0) is 10.0 Å². The molecule has 0 spiro atoms. The lowest BCUT2D eigenvalue weighted by Gasteiger charge is -2.07. The molecule has 1 N–H and O–H groups in total. The van der Waals surface area contributed by atoms with Crippen LogP contribution in [0.15, 0.2) is 76.4 Å². The van der Waals surface area contributed by atoms with Crippen molar-refractivity contribution in [3.05, 3.63) is 77.2 Å². The van der Waals surface area contributed by atoms with E-state index < -0.39 is 15.7 Å². The fraction of sp³-hybridized carbons (Fsp3) is 0. The summed E-state index contributed by atoms with van der Waals surface area (Å²) in [7, 11) is -3.97. The van der Waals surface area contributed by atoms with Crippen LogP contribution in [0, 0.1) is 0 Å². The molecule has 6 heteroatoms. The molecule has 0 fully saturated rings. The lowest BCUT2D eigenvalue weighted by atomic mass is 10.1. The monoisotopic (exact) mass is 324 g/mol. The van der Waals surface area contributed by atoms with Crippen LogP contribution in [0.4, 0.5) is 0 Å². The first-order valence-electron chi connectivity index (χ1n) is 7.01. The van der Waals surface area contributed by atoms with Crippen molar-refractivity contribution in [2.24, 2.45) is 0 Å². The van der Waals surface area contributed by atoms with E-state index in [2.05, 4.69) is 4.98 Å². The molecule has 0 unspecified atom stereocenters. The Morgan fingerprint density at radius 3 is 2.35 bits per heavy atom. The first-order chi connectivity index (χ1) is 11.1. The molecule has 0 aliphatic carbocycles. The van der Waals surface area contributed by atoms with E-state index in [1.54, 1.807) is 36.4 Å². The van der Waals surface area contributed by atoms with Crippen LogP contribution in [0.25, 0.3) is 21.8 Å². The Kier molecular flexibility index (Phi) is 2.89. The number of H-pyrrole nitrogens is 1. The van der Waals surface area contributed by atoms with Gasteiger partial charge in [-0.1, -0.05) is 42.5 Å². The number of nitrogens with zero attached hydrogens (tertiary/aromatic N) is 1. The average molecular weight is 324 g/mol. The van der Waals surface area contributed by atoms with Gasteiger partial charge in [-0.2, -0.15) is 3.97 Å². The number of para-hydroxylation sites is 2. The van der Waals surface area contributed by atoms with Gasteiger partial charge < -0.3 is 4.98 Å². The minimum absolute atomic E-state index is 0.0862. The second-order valence-corrected chi connectivity index (χ2v) is 7.01. The zero-order valence-electron chi connectivity index (χ0n) is 11.9. The lowest BCUT2D eigenvalue weighted by molar-refractivity contribution is 0.587. The van der Waals surface area contributed by atoms with E-state index in [0.717, 1.165) is 14.7 Å². The second kappa shape index (κ2) is 4.82. The van der Waals surface area contributed by atoms with Crippen molar-refractivity contribution in [1.82, 2.24) is 8.96 Å². The number of hydrogen-bond donors (Lipinski definition) is 1. The molecule has 0 atom stereocenters. The van der Waals surface area contributed by atoms with Crippen molar-refractivity contribution >= 4 is 31.8 Å². The van der Waals surface area contributed by atoms with Gasteiger partial charge in [0.05, 0.1) is 15.9 Å². The average Bonchev–Trinajstić information content (AvgIpc) is 2.90. The van der Waals surface area contributed by atoms with E-state index >= 15 is 0 Å². The van der Waals surface area contributed by atoms with Crippen LogP contribution in [0.3, 0.4) is 0 Å². The van der Waals surface area contributed by atoms with Gasteiger partial charge in [0.2, 0.25) is 0 Å². The molecule has 1 aromatic heterocycles. The van der Waals surface area contributed by atoms with Crippen LogP contribution >= 0.6 is 0 Å². The molecule has 0 aliphatic rings. The molecule has 0 radical (unpaired) electrons. The molecule has 0 amide bonds. The predicted molar refractivity (Wildman–Crippen MR) is 89.1 cm³/mol. The minimum atomic E-state index is -3.97. The highest BCUT2D eigenvalue weighted by Gasteiger charge is 2.22. The summed E-state index contributed by atoms with van der Waals surface area (Å²) in [5.74, 6) is 0. The molecule has 5 nitrogen and oxygen atoms in total. The highest BCUT2D eigenvalue weighted by molar-refractivity contribution is 7.90. The second-order valence-electron chi connectivity index (χ2n) is 5.23. The number of aromatic nitrogens is 2. The summed E-state index contributed by atoms with van der Waals surface area (Å²) in [5.41, 5.74) is 0.159. The smallest absolute Gasteiger partial charge is 0.305 e. The quantitative estimate of drug-likeness (QED) is 0.616. The van der Waals surface area contributed by atoms with Crippen LogP contribution in [0.5, 0.6) is 0 Å². The van der Waals surface area contributed by atoms with Gasteiger partial charge in [0, 0.05) is 0 Å². The summed E-state index contributed by atoms with van der Waals surface area (Å²) in [6.45, 7) is 0. The third kappa shape index (κ3) is 2.07. The molecule has 23 heavy (non-hydrogen) atoms. The summed E-state index contributed by atoms with van der Waals surface area (Å²) < 4.78 is 26.6. The summed E-state index contributed by atoms with van der Waals surface area (Å²) in [4.78, 5) is 14.8. The van der Waals surface area contributed by atoms with Crippen LogP contribution in [0.1, 0.15) is 0 Å². The van der Waals surface area contributed by atoms with Crippen LogP contribution in [0.2, 0.25) is 0 Å².